The Balaban J connectivity index is 1.42. The smallest absolute Gasteiger partial charge is 0.251 e. The molecule has 0 saturated carbocycles. The third kappa shape index (κ3) is 5.94. The number of nitrogens with one attached hydrogen (secondary N) is 3. The Bertz CT molecular complexity index is 980. The van der Waals surface area contributed by atoms with Crippen molar-refractivity contribution >= 4 is 11.9 Å². The molecular formula is C23H28N6O. The Morgan fingerprint density at radius 2 is 1.73 bits per heavy atom. The first kappa shape index (κ1) is 21.1. The first-order valence-electron chi connectivity index (χ1n) is 10.0. The molecule has 0 aliphatic heterocycles. The number of para-hydroxylation sites is 1. The topological polar surface area (TPSA) is 83.3 Å². The van der Waals surface area contributed by atoms with Crippen LogP contribution in [0.1, 0.15) is 21.5 Å². The molecule has 1 heterocycles. The van der Waals surface area contributed by atoms with Crippen LogP contribution >= 0.6 is 0 Å². The van der Waals surface area contributed by atoms with Crippen molar-refractivity contribution in [3.63, 3.8) is 0 Å². The van der Waals surface area contributed by atoms with Crippen LogP contribution in [0.15, 0.2) is 72.0 Å². The molecule has 1 aromatic heterocycles. The van der Waals surface area contributed by atoms with Gasteiger partial charge in [0.05, 0.1) is 11.9 Å². The van der Waals surface area contributed by atoms with Crippen LogP contribution in [0.4, 0.5) is 0 Å². The molecule has 2 aromatic carbocycles. The summed E-state index contributed by atoms with van der Waals surface area (Å²) >= 11 is 0. The van der Waals surface area contributed by atoms with Gasteiger partial charge in [-0.3, -0.25) is 9.79 Å². The van der Waals surface area contributed by atoms with Gasteiger partial charge in [-0.05, 0) is 48.2 Å². The minimum atomic E-state index is -0.0714. The molecule has 0 radical (unpaired) electrons. The number of benzene rings is 2. The van der Waals surface area contributed by atoms with Gasteiger partial charge in [-0.1, -0.05) is 30.3 Å². The number of amides is 1. The summed E-state index contributed by atoms with van der Waals surface area (Å²) in [6.45, 7) is 1.48. The van der Waals surface area contributed by atoms with E-state index in [4.69, 9.17) is 0 Å². The van der Waals surface area contributed by atoms with E-state index in [2.05, 4.69) is 26.0 Å². The maximum absolute atomic E-state index is 11.7. The lowest BCUT2D eigenvalue weighted by atomic mass is 10.1. The second-order valence-corrected chi connectivity index (χ2v) is 6.83. The van der Waals surface area contributed by atoms with E-state index in [1.54, 1.807) is 14.1 Å². The van der Waals surface area contributed by atoms with Crippen molar-refractivity contribution in [3.8, 4) is 5.69 Å². The van der Waals surface area contributed by atoms with Crippen LogP contribution in [-0.2, 0) is 12.8 Å². The Morgan fingerprint density at radius 3 is 2.43 bits per heavy atom. The van der Waals surface area contributed by atoms with Gasteiger partial charge in [-0.25, -0.2) is 4.68 Å². The normalized spacial score (nSPS) is 11.2. The van der Waals surface area contributed by atoms with Crippen molar-refractivity contribution in [2.75, 3.05) is 27.2 Å². The summed E-state index contributed by atoms with van der Waals surface area (Å²) in [5.41, 5.74) is 3.99. The van der Waals surface area contributed by atoms with Crippen molar-refractivity contribution in [2.24, 2.45) is 4.99 Å². The number of nitrogens with zero attached hydrogens (tertiary/aromatic N) is 3. The van der Waals surface area contributed by atoms with Crippen molar-refractivity contribution < 1.29 is 4.79 Å². The highest BCUT2D eigenvalue weighted by Gasteiger charge is 2.05. The van der Waals surface area contributed by atoms with Crippen molar-refractivity contribution in [2.45, 2.75) is 12.8 Å². The lowest BCUT2D eigenvalue weighted by Gasteiger charge is -2.12. The average molecular weight is 405 g/mol. The van der Waals surface area contributed by atoms with Gasteiger partial charge in [0.2, 0.25) is 0 Å². The molecule has 0 aliphatic rings. The van der Waals surface area contributed by atoms with E-state index in [1.807, 2.05) is 71.7 Å². The summed E-state index contributed by atoms with van der Waals surface area (Å²) < 4.78 is 1.88. The Hall–Kier alpha value is -3.61. The zero-order valence-electron chi connectivity index (χ0n) is 17.4. The zero-order chi connectivity index (χ0) is 21.2. The number of rotatable bonds is 8. The average Bonchev–Trinajstić information content (AvgIpc) is 3.27. The third-order valence-electron chi connectivity index (χ3n) is 4.71. The van der Waals surface area contributed by atoms with Crippen molar-refractivity contribution in [3.05, 3.63) is 83.7 Å². The second-order valence-electron chi connectivity index (χ2n) is 6.83. The van der Waals surface area contributed by atoms with Gasteiger partial charge in [0.15, 0.2) is 5.96 Å². The van der Waals surface area contributed by atoms with E-state index in [1.165, 1.54) is 0 Å². The maximum atomic E-state index is 11.7. The molecule has 3 aromatic rings. The highest BCUT2D eigenvalue weighted by molar-refractivity contribution is 5.94. The van der Waals surface area contributed by atoms with Gasteiger partial charge >= 0.3 is 0 Å². The highest BCUT2D eigenvalue weighted by atomic mass is 16.1. The van der Waals surface area contributed by atoms with Crippen LogP contribution in [-0.4, -0.2) is 48.8 Å². The van der Waals surface area contributed by atoms with E-state index in [0.717, 1.165) is 48.7 Å². The third-order valence-corrected chi connectivity index (χ3v) is 4.71. The summed E-state index contributed by atoms with van der Waals surface area (Å²) in [6, 6.07) is 17.7. The predicted octanol–water partition coefficient (Wildman–Crippen LogP) is 2.18. The predicted molar refractivity (Wildman–Crippen MR) is 120 cm³/mol. The fourth-order valence-corrected chi connectivity index (χ4v) is 3.09. The largest absolute Gasteiger partial charge is 0.356 e. The van der Waals surface area contributed by atoms with Gasteiger partial charge in [-0.15, -0.1) is 0 Å². The van der Waals surface area contributed by atoms with Crippen LogP contribution in [0.3, 0.4) is 0 Å². The van der Waals surface area contributed by atoms with Gasteiger partial charge in [-0.2, -0.15) is 5.10 Å². The highest BCUT2D eigenvalue weighted by Crippen LogP contribution is 2.08. The van der Waals surface area contributed by atoms with Gasteiger partial charge in [0, 0.05) is 38.9 Å². The summed E-state index contributed by atoms with van der Waals surface area (Å²) in [5, 5.41) is 13.7. The number of aliphatic imine (C=N–C) groups is 1. The van der Waals surface area contributed by atoms with E-state index in [0.29, 0.717) is 5.56 Å². The number of hydrogen-bond donors (Lipinski definition) is 3. The molecule has 0 bridgehead atoms. The van der Waals surface area contributed by atoms with Crippen molar-refractivity contribution in [1.29, 1.82) is 0 Å². The SMILES string of the molecule is CN=C(NCCc1cccc(C(=O)NC)c1)NCCc1cnn(-c2ccccc2)c1. The molecule has 3 rings (SSSR count). The quantitative estimate of drug-likeness (QED) is 0.397. The Kier molecular flexibility index (Phi) is 7.60. The van der Waals surface area contributed by atoms with Crippen molar-refractivity contribution in [1.82, 2.24) is 25.7 Å². The first-order valence-corrected chi connectivity index (χ1v) is 10.0. The monoisotopic (exact) mass is 404 g/mol. The lowest BCUT2D eigenvalue weighted by Crippen LogP contribution is -2.39. The van der Waals surface area contributed by atoms with Crippen LogP contribution in [0.5, 0.6) is 0 Å². The standard InChI is InChI=1S/C23H28N6O/c1-24-22(30)20-8-6-7-18(15-20)11-13-26-23(25-2)27-14-12-19-16-28-29(17-19)21-9-4-3-5-10-21/h3-10,15-17H,11-14H2,1-2H3,(H,24,30)(H2,25,26,27). The molecule has 7 heteroatoms. The van der Waals surface area contributed by atoms with Crippen LogP contribution in [0.2, 0.25) is 0 Å². The molecule has 30 heavy (non-hydrogen) atoms. The number of guanidine groups is 1. The van der Waals surface area contributed by atoms with Gasteiger partial charge < -0.3 is 16.0 Å². The molecule has 0 saturated heterocycles. The second kappa shape index (κ2) is 10.8. The molecule has 7 nitrogen and oxygen atoms in total. The molecule has 0 aliphatic carbocycles. The van der Waals surface area contributed by atoms with E-state index >= 15 is 0 Å². The molecule has 156 valence electrons. The number of aromatic nitrogens is 2. The van der Waals surface area contributed by atoms with E-state index in [9.17, 15) is 4.79 Å². The Morgan fingerprint density at radius 1 is 1.00 bits per heavy atom. The molecule has 3 N–H and O–H groups in total. The van der Waals surface area contributed by atoms with Crippen LogP contribution in [0, 0.1) is 0 Å². The lowest BCUT2D eigenvalue weighted by molar-refractivity contribution is 0.0963. The minimum absolute atomic E-state index is 0.0714. The molecular weight excluding hydrogens is 376 g/mol. The molecule has 0 fully saturated rings. The number of hydrogen-bond acceptors (Lipinski definition) is 3. The molecule has 0 spiro atoms. The fourth-order valence-electron chi connectivity index (χ4n) is 3.09. The van der Waals surface area contributed by atoms with Crippen LogP contribution in [0.25, 0.3) is 5.69 Å². The summed E-state index contributed by atoms with van der Waals surface area (Å²) in [6.07, 6.45) is 5.59. The number of carbonyl (C=O) groups excluding carboxylic acids is 1. The molecule has 0 unspecified atom stereocenters. The first-order chi connectivity index (χ1) is 14.7. The van der Waals surface area contributed by atoms with Gasteiger partial charge in [0.1, 0.15) is 0 Å². The minimum Gasteiger partial charge on any atom is -0.356 e. The van der Waals surface area contributed by atoms with E-state index in [-0.39, 0.29) is 5.91 Å². The Labute approximate surface area is 177 Å². The molecule has 0 atom stereocenters. The van der Waals surface area contributed by atoms with E-state index < -0.39 is 0 Å². The maximum Gasteiger partial charge on any atom is 0.251 e. The summed E-state index contributed by atoms with van der Waals surface area (Å²) in [5.74, 6) is 0.686. The zero-order valence-corrected chi connectivity index (χ0v) is 17.4. The van der Waals surface area contributed by atoms with Gasteiger partial charge in [0.25, 0.3) is 5.91 Å². The van der Waals surface area contributed by atoms with Crippen LogP contribution < -0.4 is 16.0 Å². The molecule has 1 amide bonds. The summed E-state index contributed by atoms with van der Waals surface area (Å²) in [7, 11) is 3.40. The number of carbonyl (C=O) groups is 1. The fraction of sp³-hybridized carbons (Fsp3) is 0.261. The summed E-state index contributed by atoms with van der Waals surface area (Å²) in [4.78, 5) is 16.0.